The van der Waals surface area contributed by atoms with Gasteiger partial charge in [0.2, 0.25) is 0 Å². The molecule has 0 bridgehead atoms. The standard InChI is InChI=1S/C21H24IN7O4/c1-21(2)32-14-15(19(30)24-3)31-20(16(14)33-21)29-9-28-13-17(26-8-27-18(13)29)25-7-10-4-5-12(23)11(22)6-10/h4-6,8-9,14-16,20H,7,23H2,1-3H3,(H,24,30)(H,25,26,27)/t14-,15+,16-,20-/m1/s1. The predicted molar refractivity (Wildman–Crippen MR) is 128 cm³/mol. The Balaban J connectivity index is 1.44. The Morgan fingerprint density at radius 3 is 2.79 bits per heavy atom. The lowest BCUT2D eigenvalue weighted by molar-refractivity contribution is -0.197. The van der Waals surface area contributed by atoms with E-state index in [0.29, 0.717) is 23.5 Å². The molecule has 5 rings (SSSR count). The zero-order valence-corrected chi connectivity index (χ0v) is 20.4. The molecule has 174 valence electrons. The highest BCUT2D eigenvalue weighted by Crippen LogP contribution is 2.44. The second-order valence-corrected chi connectivity index (χ2v) is 9.54. The van der Waals surface area contributed by atoms with Crippen molar-refractivity contribution < 1.29 is 19.0 Å². The third-order valence-electron chi connectivity index (χ3n) is 5.69. The molecule has 2 fully saturated rings. The minimum absolute atomic E-state index is 0.270. The number of carbonyl (C=O) groups excluding carboxylic acids is 1. The first-order chi connectivity index (χ1) is 15.8. The van der Waals surface area contributed by atoms with Crippen molar-refractivity contribution in [3.8, 4) is 0 Å². The van der Waals surface area contributed by atoms with Crippen molar-refractivity contribution >= 4 is 51.2 Å². The number of hydrogen-bond acceptors (Lipinski definition) is 9. The van der Waals surface area contributed by atoms with E-state index in [1.165, 1.54) is 6.33 Å². The van der Waals surface area contributed by atoms with Crippen molar-refractivity contribution in [1.82, 2.24) is 24.8 Å². The Hall–Kier alpha value is -2.55. The Kier molecular flexibility index (Phi) is 5.63. The van der Waals surface area contributed by atoms with Crippen molar-refractivity contribution in [2.45, 2.75) is 50.7 Å². The fourth-order valence-corrected chi connectivity index (χ4v) is 4.77. The van der Waals surface area contributed by atoms with Gasteiger partial charge in [0.05, 0.1) is 6.33 Å². The van der Waals surface area contributed by atoms with Gasteiger partial charge in [-0.05, 0) is 54.1 Å². The first-order valence-electron chi connectivity index (χ1n) is 10.5. The molecule has 33 heavy (non-hydrogen) atoms. The molecule has 2 aliphatic rings. The van der Waals surface area contributed by atoms with Gasteiger partial charge >= 0.3 is 0 Å². The zero-order chi connectivity index (χ0) is 23.3. The number of ether oxygens (including phenoxy) is 3. The average Bonchev–Trinajstić information content (AvgIpc) is 3.44. The summed E-state index contributed by atoms with van der Waals surface area (Å²) in [4.78, 5) is 25.7. The molecular weight excluding hydrogens is 541 g/mol. The number of rotatable bonds is 5. The summed E-state index contributed by atoms with van der Waals surface area (Å²) in [6.45, 7) is 4.18. The number of amides is 1. The van der Waals surface area contributed by atoms with Crippen LogP contribution in [-0.4, -0.2) is 56.6 Å². The number of nitrogen functional groups attached to an aromatic ring is 1. The lowest BCUT2D eigenvalue weighted by Gasteiger charge is -2.24. The number of anilines is 2. The molecular formula is C21H24IN7O4. The van der Waals surface area contributed by atoms with Crippen LogP contribution in [0.5, 0.6) is 0 Å². The van der Waals surface area contributed by atoms with Crippen LogP contribution in [0.25, 0.3) is 11.2 Å². The maximum atomic E-state index is 12.4. The molecule has 0 saturated carbocycles. The number of nitrogens with two attached hydrogens (primary N) is 1. The van der Waals surface area contributed by atoms with Crippen LogP contribution in [0, 0.1) is 3.57 Å². The van der Waals surface area contributed by atoms with Crippen molar-refractivity contribution in [2.24, 2.45) is 0 Å². The highest BCUT2D eigenvalue weighted by atomic mass is 127. The Morgan fingerprint density at radius 1 is 1.24 bits per heavy atom. The summed E-state index contributed by atoms with van der Waals surface area (Å²) in [5.41, 5.74) is 8.87. The van der Waals surface area contributed by atoms with E-state index in [0.717, 1.165) is 14.8 Å². The number of likely N-dealkylation sites (N-methyl/N-ethyl adjacent to an activating group) is 1. The lowest BCUT2D eigenvalue weighted by atomic mass is 10.1. The molecule has 12 heteroatoms. The van der Waals surface area contributed by atoms with Crippen molar-refractivity contribution in [3.05, 3.63) is 40.0 Å². The van der Waals surface area contributed by atoms with Crippen molar-refractivity contribution in [1.29, 1.82) is 0 Å². The van der Waals surface area contributed by atoms with Gasteiger partial charge in [-0.3, -0.25) is 9.36 Å². The number of hydrogen-bond donors (Lipinski definition) is 3. The van der Waals surface area contributed by atoms with Crippen LogP contribution < -0.4 is 16.4 Å². The van der Waals surface area contributed by atoms with Crippen LogP contribution in [0.3, 0.4) is 0 Å². The van der Waals surface area contributed by atoms with Gasteiger partial charge in [0, 0.05) is 22.8 Å². The van der Waals surface area contributed by atoms with E-state index in [4.69, 9.17) is 19.9 Å². The van der Waals surface area contributed by atoms with E-state index in [1.807, 2.05) is 32.0 Å². The summed E-state index contributed by atoms with van der Waals surface area (Å²) < 4.78 is 20.9. The molecule has 11 nitrogen and oxygen atoms in total. The van der Waals surface area contributed by atoms with Gasteiger partial charge in [0.25, 0.3) is 5.91 Å². The van der Waals surface area contributed by atoms with Crippen LogP contribution in [-0.2, 0) is 25.5 Å². The minimum atomic E-state index is -0.835. The minimum Gasteiger partial charge on any atom is -0.398 e. The maximum absolute atomic E-state index is 12.4. The molecule has 0 aliphatic carbocycles. The Labute approximate surface area is 203 Å². The predicted octanol–water partition coefficient (Wildman–Crippen LogP) is 1.79. The fraction of sp³-hybridized carbons (Fsp3) is 0.429. The van der Waals surface area contributed by atoms with E-state index >= 15 is 0 Å². The lowest BCUT2D eigenvalue weighted by Crippen LogP contribution is -2.41. The number of fused-ring (bicyclic) bond motifs is 2. The largest absolute Gasteiger partial charge is 0.398 e. The summed E-state index contributed by atoms with van der Waals surface area (Å²) in [7, 11) is 1.56. The smallest absolute Gasteiger partial charge is 0.251 e. The normalized spacial score (nSPS) is 25.8. The molecule has 4 atom stereocenters. The number of nitrogens with one attached hydrogen (secondary N) is 2. The number of halogens is 1. The van der Waals surface area contributed by atoms with Gasteiger partial charge in [-0.1, -0.05) is 6.07 Å². The van der Waals surface area contributed by atoms with Crippen molar-refractivity contribution in [3.63, 3.8) is 0 Å². The highest BCUT2D eigenvalue weighted by Gasteiger charge is 2.58. The van der Waals surface area contributed by atoms with E-state index in [-0.39, 0.29) is 5.91 Å². The fourth-order valence-electron chi connectivity index (χ4n) is 4.19. The third-order valence-corrected chi connectivity index (χ3v) is 6.63. The van der Waals surface area contributed by atoms with Gasteiger partial charge in [-0.15, -0.1) is 0 Å². The molecule has 0 radical (unpaired) electrons. The second kappa shape index (κ2) is 8.34. The second-order valence-electron chi connectivity index (χ2n) is 8.38. The van der Waals surface area contributed by atoms with Crippen LogP contribution in [0.4, 0.5) is 11.5 Å². The molecule has 2 aromatic heterocycles. The molecule has 4 heterocycles. The van der Waals surface area contributed by atoms with E-state index in [2.05, 4.69) is 48.2 Å². The summed E-state index contributed by atoms with van der Waals surface area (Å²) >= 11 is 2.21. The average molecular weight is 565 g/mol. The monoisotopic (exact) mass is 565 g/mol. The maximum Gasteiger partial charge on any atom is 0.251 e. The number of benzene rings is 1. The van der Waals surface area contributed by atoms with Gasteiger partial charge in [-0.2, -0.15) is 0 Å². The third kappa shape index (κ3) is 4.00. The van der Waals surface area contributed by atoms with Crippen LogP contribution in [0.2, 0.25) is 0 Å². The number of carbonyl (C=O) groups is 1. The molecule has 1 amide bonds. The first kappa shape index (κ1) is 22.3. The number of imidazole rings is 1. The van der Waals surface area contributed by atoms with Gasteiger partial charge in [0.15, 0.2) is 35.1 Å². The highest BCUT2D eigenvalue weighted by molar-refractivity contribution is 14.1. The van der Waals surface area contributed by atoms with E-state index < -0.39 is 30.3 Å². The summed E-state index contributed by atoms with van der Waals surface area (Å²) in [6, 6.07) is 5.86. The quantitative estimate of drug-likeness (QED) is 0.312. The first-order valence-corrected chi connectivity index (χ1v) is 11.5. The van der Waals surface area contributed by atoms with Gasteiger partial charge in [0.1, 0.15) is 18.5 Å². The topological polar surface area (TPSA) is 138 Å². The van der Waals surface area contributed by atoms with Crippen LogP contribution >= 0.6 is 22.6 Å². The number of aromatic nitrogens is 4. The van der Waals surface area contributed by atoms with E-state index in [1.54, 1.807) is 17.9 Å². The summed E-state index contributed by atoms with van der Waals surface area (Å²) in [5.74, 6) is -0.515. The molecule has 0 unspecified atom stereocenters. The molecule has 3 aromatic rings. The Bertz CT molecular complexity index is 1220. The van der Waals surface area contributed by atoms with Crippen LogP contribution in [0.15, 0.2) is 30.9 Å². The number of nitrogens with zero attached hydrogens (tertiary/aromatic N) is 4. The SMILES string of the molecule is CNC(=O)[C@H]1O[C@@H](n2cnc3c(NCc4ccc(N)c(I)c4)ncnc32)[C@@H]2OC(C)(C)O[C@@H]21. The molecule has 2 saturated heterocycles. The summed E-state index contributed by atoms with van der Waals surface area (Å²) in [5, 5.41) is 5.95. The molecule has 2 aliphatic heterocycles. The molecule has 4 N–H and O–H groups in total. The summed E-state index contributed by atoms with van der Waals surface area (Å²) in [6.07, 6.45) is 0.605. The van der Waals surface area contributed by atoms with E-state index in [9.17, 15) is 4.79 Å². The molecule has 1 aromatic carbocycles. The van der Waals surface area contributed by atoms with Crippen LogP contribution in [0.1, 0.15) is 25.6 Å². The van der Waals surface area contributed by atoms with Crippen molar-refractivity contribution in [2.75, 3.05) is 18.1 Å². The van der Waals surface area contributed by atoms with Gasteiger partial charge < -0.3 is 30.6 Å². The zero-order valence-electron chi connectivity index (χ0n) is 18.3. The molecule has 0 spiro atoms. The van der Waals surface area contributed by atoms with Gasteiger partial charge in [-0.25, -0.2) is 15.0 Å². The Morgan fingerprint density at radius 2 is 2.03 bits per heavy atom.